The molecule has 2 aromatic heterocycles. The Hall–Kier alpha value is -1.76. The number of aromatic nitrogens is 3. The molecule has 3 rings (SSSR count). The topological polar surface area (TPSA) is 58.6 Å². The Morgan fingerprint density at radius 1 is 1.11 bits per heavy atom. The third-order valence-electron chi connectivity index (χ3n) is 2.64. The molecule has 5 heteroatoms. The second-order valence-electron chi connectivity index (χ2n) is 3.79. The van der Waals surface area contributed by atoms with Crippen LogP contribution in [0.3, 0.4) is 0 Å². The first-order valence-electron chi connectivity index (χ1n) is 5.34. The molecule has 0 unspecified atom stereocenters. The number of hydrogen-bond acceptors (Lipinski definition) is 3. The van der Waals surface area contributed by atoms with E-state index in [0.717, 1.165) is 16.5 Å². The van der Waals surface area contributed by atoms with Crippen LogP contribution in [0.2, 0.25) is 0 Å². The maximum absolute atomic E-state index is 11.6. The van der Waals surface area contributed by atoms with Crippen LogP contribution in [0.1, 0.15) is 0 Å². The number of para-hydroxylation sites is 1. The SMILES string of the molecule is O=c1[nH]c(-c2cccc3cccnc23)ncc1I. The predicted octanol–water partition coefficient (Wildman–Crippen LogP) is 2.59. The summed E-state index contributed by atoms with van der Waals surface area (Å²) in [5.74, 6) is 0.546. The molecule has 18 heavy (non-hydrogen) atoms. The standard InChI is InChI=1S/C13H8IN3O/c14-10-7-16-12(17-13(10)18)9-5-1-3-8-4-2-6-15-11(8)9/h1-7H,(H,16,17,18). The monoisotopic (exact) mass is 349 g/mol. The number of rotatable bonds is 1. The first kappa shape index (κ1) is 11.3. The van der Waals surface area contributed by atoms with Crippen molar-refractivity contribution in [3.63, 3.8) is 0 Å². The highest BCUT2D eigenvalue weighted by atomic mass is 127. The number of hydrogen-bond donors (Lipinski definition) is 1. The van der Waals surface area contributed by atoms with Crippen LogP contribution < -0.4 is 5.56 Å². The van der Waals surface area contributed by atoms with Crippen molar-refractivity contribution in [1.82, 2.24) is 15.0 Å². The average Bonchev–Trinajstić information content (AvgIpc) is 2.41. The van der Waals surface area contributed by atoms with Gasteiger partial charge in [-0.1, -0.05) is 18.2 Å². The van der Waals surface area contributed by atoms with E-state index in [1.54, 1.807) is 12.4 Å². The number of halogens is 1. The molecule has 0 radical (unpaired) electrons. The van der Waals surface area contributed by atoms with E-state index in [1.165, 1.54) is 0 Å². The van der Waals surface area contributed by atoms with Crippen LogP contribution in [0.15, 0.2) is 47.5 Å². The number of nitrogens with zero attached hydrogens (tertiary/aromatic N) is 2. The number of benzene rings is 1. The fourth-order valence-corrected chi connectivity index (χ4v) is 2.09. The zero-order valence-corrected chi connectivity index (χ0v) is 11.4. The fourth-order valence-electron chi connectivity index (χ4n) is 1.81. The normalized spacial score (nSPS) is 10.7. The summed E-state index contributed by atoms with van der Waals surface area (Å²) in [6.07, 6.45) is 3.30. The van der Waals surface area contributed by atoms with Crippen LogP contribution in [0.5, 0.6) is 0 Å². The van der Waals surface area contributed by atoms with Crippen molar-refractivity contribution in [1.29, 1.82) is 0 Å². The fraction of sp³-hybridized carbons (Fsp3) is 0. The molecule has 0 fully saturated rings. The minimum atomic E-state index is -0.131. The van der Waals surface area contributed by atoms with Gasteiger partial charge in [0.2, 0.25) is 0 Å². The highest BCUT2D eigenvalue weighted by Gasteiger charge is 2.07. The molecular weight excluding hydrogens is 341 g/mol. The molecule has 0 bridgehead atoms. The molecule has 4 nitrogen and oxygen atoms in total. The van der Waals surface area contributed by atoms with Gasteiger partial charge in [0.1, 0.15) is 5.82 Å². The quantitative estimate of drug-likeness (QED) is 0.687. The molecule has 0 aliphatic carbocycles. The first-order valence-corrected chi connectivity index (χ1v) is 6.42. The number of nitrogens with one attached hydrogen (secondary N) is 1. The van der Waals surface area contributed by atoms with Gasteiger partial charge in [-0.3, -0.25) is 9.78 Å². The molecule has 0 amide bonds. The van der Waals surface area contributed by atoms with Crippen LogP contribution in [0.25, 0.3) is 22.3 Å². The smallest absolute Gasteiger partial charge is 0.264 e. The molecular formula is C13H8IN3O. The highest BCUT2D eigenvalue weighted by molar-refractivity contribution is 14.1. The zero-order chi connectivity index (χ0) is 12.5. The molecule has 0 aliphatic heterocycles. The Morgan fingerprint density at radius 2 is 1.94 bits per heavy atom. The van der Waals surface area contributed by atoms with E-state index in [0.29, 0.717) is 9.39 Å². The van der Waals surface area contributed by atoms with Crippen LogP contribution in [0, 0.1) is 3.57 Å². The molecule has 88 valence electrons. The van der Waals surface area contributed by atoms with E-state index in [2.05, 4.69) is 15.0 Å². The van der Waals surface area contributed by atoms with Crippen LogP contribution in [0.4, 0.5) is 0 Å². The van der Waals surface area contributed by atoms with Crippen molar-refractivity contribution in [2.24, 2.45) is 0 Å². The van der Waals surface area contributed by atoms with E-state index in [4.69, 9.17) is 0 Å². The van der Waals surface area contributed by atoms with Crippen molar-refractivity contribution < 1.29 is 0 Å². The third-order valence-corrected chi connectivity index (χ3v) is 3.41. The van der Waals surface area contributed by atoms with Crippen molar-refractivity contribution in [2.75, 3.05) is 0 Å². The largest absolute Gasteiger partial charge is 0.306 e. The highest BCUT2D eigenvalue weighted by Crippen LogP contribution is 2.23. The average molecular weight is 349 g/mol. The Bertz CT molecular complexity index is 777. The number of H-pyrrole nitrogens is 1. The summed E-state index contributed by atoms with van der Waals surface area (Å²) in [6.45, 7) is 0. The summed E-state index contributed by atoms with van der Waals surface area (Å²) >= 11 is 1.96. The van der Waals surface area contributed by atoms with Gasteiger partial charge in [-0.15, -0.1) is 0 Å². The summed E-state index contributed by atoms with van der Waals surface area (Å²) < 4.78 is 0.574. The van der Waals surface area contributed by atoms with E-state index >= 15 is 0 Å². The summed E-state index contributed by atoms with van der Waals surface area (Å²) in [7, 11) is 0. The lowest BCUT2D eigenvalue weighted by molar-refractivity contribution is 1.11. The van der Waals surface area contributed by atoms with Gasteiger partial charge in [0.05, 0.1) is 9.09 Å². The van der Waals surface area contributed by atoms with E-state index in [1.807, 2.05) is 52.9 Å². The Balaban J connectivity index is 2.31. The van der Waals surface area contributed by atoms with Crippen LogP contribution in [-0.2, 0) is 0 Å². The number of pyridine rings is 1. The molecule has 1 N–H and O–H groups in total. The van der Waals surface area contributed by atoms with Gasteiger partial charge in [0.15, 0.2) is 0 Å². The van der Waals surface area contributed by atoms with Crippen LogP contribution >= 0.6 is 22.6 Å². The van der Waals surface area contributed by atoms with Gasteiger partial charge >= 0.3 is 0 Å². The van der Waals surface area contributed by atoms with Crippen molar-refractivity contribution >= 4 is 33.5 Å². The van der Waals surface area contributed by atoms with Gasteiger partial charge in [0, 0.05) is 23.3 Å². The minimum Gasteiger partial charge on any atom is -0.306 e. The number of fused-ring (bicyclic) bond motifs is 1. The van der Waals surface area contributed by atoms with Crippen LogP contribution in [-0.4, -0.2) is 15.0 Å². The summed E-state index contributed by atoms with van der Waals surface area (Å²) in [5, 5.41) is 1.02. The molecule has 0 aliphatic rings. The molecule has 0 saturated carbocycles. The predicted molar refractivity (Wildman–Crippen MR) is 78.3 cm³/mol. The number of aromatic amines is 1. The summed E-state index contributed by atoms with van der Waals surface area (Å²) in [4.78, 5) is 23.0. The molecule has 0 atom stereocenters. The second kappa shape index (κ2) is 4.49. The van der Waals surface area contributed by atoms with Gasteiger partial charge in [-0.2, -0.15) is 0 Å². The van der Waals surface area contributed by atoms with Crippen molar-refractivity contribution in [2.45, 2.75) is 0 Å². The molecule has 2 heterocycles. The lowest BCUT2D eigenvalue weighted by Crippen LogP contribution is -2.11. The van der Waals surface area contributed by atoms with Gasteiger partial charge in [0.25, 0.3) is 5.56 Å². The van der Waals surface area contributed by atoms with Crippen molar-refractivity contribution in [3.05, 3.63) is 56.6 Å². The lowest BCUT2D eigenvalue weighted by atomic mass is 10.1. The molecule has 0 saturated heterocycles. The molecule has 0 spiro atoms. The van der Waals surface area contributed by atoms with E-state index < -0.39 is 0 Å². The first-order chi connectivity index (χ1) is 8.75. The van der Waals surface area contributed by atoms with Gasteiger partial charge in [-0.05, 0) is 34.7 Å². The molecule has 1 aromatic carbocycles. The summed E-state index contributed by atoms with van der Waals surface area (Å²) in [5.41, 5.74) is 1.54. The zero-order valence-electron chi connectivity index (χ0n) is 9.22. The lowest BCUT2D eigenvalue weighted by Gasteiger charge is -2.04. The summed E-state index contributed by atoms with van der Waals surface area (Å²) in [6, 6.07) is 9.68. The van der Waals surface area contributed by atoms with Crippen molar-refractivity contribution in [3.8, 4) is 11.4 Å². The van der Waals surface area contributed by atoms with Gasteiger partial charge < -0.3 is 4.98 Å². The molecule has 3 aromatic rings. The maximum atomic E-state index is 11.6. The Kier molecular flexibility index (Phi) is 2.83. The van der Waals surface area contributed by atoms with E-state index in [9.17, 15) is 4.79 Å². The second-order valence-corrected chi connectivity index (χ2v) is 4.95. The third kappa shape index (κ3) is 1.90. The van der Waals surface area contributed by atoms with Gasteiger partial charge in [-0.25, -0.2) is 4.98 Å². The maximum Gasteiger partial charge on any atom is 0.264 e. The minimum absolute atomic E-state index is 0.131. The Labute approximate surface area is 116 Å². The Morgan fingerprint density at radius 3 is 2.78 bits per heavy atom. The van der Waals surface area contributed by atoms with E-state index in [-0.39, 0.29) is 5.56 Å².